The fourth-order valence-electron chi connectivity index (χ4n) is 2.64. The van der Waals surface area contributed by atoms with Gasteiger partial charge in [-0.05, 0) is 42.8 Å². The minimum absolute atomic E-state index is 0.543. The average molecular weight is 401 g/mol. The molecule has 1 N–H and O–H groups in total. The van der Waals surface area contributed by atoms with Crippen LogP contribution in [-0.2, 0) is 6.54 Å². The molecule has 0 spiro atoms. The Bertz CT molecular complexity index is 1080. The van der Waals surface area contributed by atoms with Gasteiger partial charge in [-0.3, -0.25) is 4.98 Å². The normalized spacial score (nSPS) is 11.0. The molecule has 130 valence electrons. The number of anilines is 1. The first-order chi connectivity index (χ1) is 12.6. The Labute approximate surface area is 164 Å². The van der Waals surface area contributed by atoms with Gasteiger partial charge in [0.1, 0.15) is 10.6 Å². The van der Waals surface area contributed by atoms with E-state index in [1.165, 1.54) is 4.88 Å². The van der Waals surface area contributed by atoms with E-state index in [0.29, 0.717) is 22.4 Å². The maximum Gasteiger partial charge on any atom is 0.164 e. The molecule has 0 aliphatic rings. The third-order valence-corrected chi connectivity index (χ3v) is 5.56. The number of fused-ring (bicyclic) bond motifs is 1. The van der Waals surface area contributed by atoms with E-state index in [1.807, 2.05) is 24.3 Å². The summed E-state index contributed by atoms with van der Waals surface area (Å²) in [4.78, 5) is 15.7. The lowest BCUT2D eigenvalue weighted by Gasteiger charge is -2.10. The van der Waals surface area contributed by atoms with Gasteiger partial charge in [0, 0.05) is 29.4 Å². The molecule has 0 aliphatic carbocycles. The Balaban J connectivity index is 1.71. The lowest BCUT2D eigenvalue weighted by molar-refractivity contribution is 1.11. The van der Waals surface area contributed by atoms with Crippen molar-refractivity contribution in [3.8, 4) is 11.4 Å². The van der Waals surface area contributed by atoms with Gasteiger partial charge in [0.25, 0.3) is 0 Å². The zero-order valence-electron chi connectivity index (χ0n) is 13.8. The number of pyridine rings is 1. The first-order valence-corrected chi connectivity index (χ1v) is 9.54. The molecule has 7 heteroatoms. The largest absolute Gasteiger partial charge is 0.365 e. The Morgan fingerprint density at radius 2 is 1.96 bits per heavy atom. The molecule has 0 bridgehead atoms. The molecule has 0 saturated heterocycles. The zero-order chi connectivity index (χ0) is 18.1. The zero-order valence-corrected chi connectivity index (χ0v) is 16.2. The number of aryl methyl sites for hydroxylation is 1. The topological polar surface area (TPSA) is 50.7 Å². The Morgan fingerprint density at radius 1 is 1.08 bits per heavy atom. The summed E-state index contributed by atoms with van der Waals surface area (Å²) in [5.41, 5.74) is 1.92. The molecule has 3 aromatic heterocycles. The molecule has 4 aromatic rings. The summed E-state index contributed by atoms with van der Waals surface area (Å²) < 4.78 is 0. The van der Waals surface area contributed by atoms with Gasteiger partial charge in [-0.25, -0.2) is 9.97 Å². The van der Waals surface area contributed by atoms with Crippen LogP contribution in [0.5, 0.6) is 0 Å². The van der Waals surface area contributed by atoms with Gasteiger partial charge in [-0.2, -0.15) is 0 Å². The van der Waals surface area contributed by atoms with Crippen molar-refractivity contribution in [3.63, 3.8) is 0 Å². The standard InChI is InChI=1S/C19H14Cl2N4S/c1-11-7-14-18(23-9-12-4-5-15(20)16(21)8-12)24-17(25-19(14)26-11)13-3-2-6-22-10-13/h2-8,10H,9H2,1H3,(H,23,24,25). The fourth-order valence-corrected chi connectivity index (χ4v) is 3.84. The minimum Gasteiger partial charge on any atom is -0.365 e. The highest BCUT2D eigenvalue weighted by molar-refractivity contribution is 7.18. The van der Waals surface area contributed by atoms with Crippen LogP contribution in [0.1, 0.15) is 10.4 Å². The van der Waals surface area contributed by atoms with Crippen LogP contribution in [0, 0.1) is 6.92 Å². The number of nitrogens with one attached hydrogen (secondary N) is 1. The predicted molar refractivity (Wildman–Crippen MR) is 109 cm³/mol. The summed E-state index contributed by atoms with van der Waals surface area (Å²) in [7, 11) is 0. The van der Waals surface area contributed by atoms with Crippen LogP contribution in [0.4, 0.5) is 5.82 Å². The van der Waals surface area contributed by atoms with E-state index in [2.05, 4.69) is 23.3 Å². The molecule has 0 fully saturated rings. The summed E-state index contributed by atoms with van der Waals surface area (Å²) in [6.45, 7) is 2.66. The summed E-state index contributed by atoms with van der Waals surface area (Å²) in [6.07, 6.45) is 3.51. The van der Waals surface area contributed by atoms with Gasteiger partial charge in [0.15, 0.2) is 5.82 Å². The number of aromatic nitrogens is 3. The van der Waals surface area contributed by atoms with Gasteiger partial charge in [0.2, 0.25) is 0 Å². The van der Waals surface area contributed by atoms with Gasteiger partial charge in [0.05, 0.1) is 15.4 Å². The van der Waals surface area contributed by atoms with Crippen molar-refractivity contribution in [1.82, 2.24) is 15.0 Å². The third-order valence-electron chi connectivity index (χ3n) is 3.88. The molecule has 0 atom stereocenters. The minimum atomic E-state index is 0.543. The summed E-state index contributed by atoms with van der Waals surface area (Å²) in [5, 5.41) is 5.51. The molecule has 3 heterocycles. The first-order valence-electron chi connectivity index (χ1n) is 7.96. The highest BCUT2D eigenvalue weighted by Gasteiger charge is 2.12. The second kappa shape index (κ2) is 7.19. The van der Waals surface area contributed by atoms with Crippen molar-refractivity contribution < 1.29 is 0 Å². The molecule has 26 heavy (non-hydrogen) atoms. The Kier molecular flexibility index (Phi) is 4.76. The van der Waals surface area contributed by atoms with E-state index in [0.717, 1.165) is 27.2 Å². The van der Waals surface area contributed by atoms with Crippen molar-refractivity contribution in [2.24, 2.45) is 0 Å². The van der Waals surface area contributed by atoms with E-state index in [1.54, 1.807) is 29.8 Å². The van der Waals surface area contributed by atoms with Gasteiger partial charge < -0.3 is 5.32 Å². The summed E-state index contributed by atoms with van der Waals surface area (Å²) in [5.74, 6) is 1.45. The highest BCUT2D eigenvalue weighted by atomic mass is 35.5. The fraction of sp³-hybridized carbons (Fsp3) is 0.105. The van der Waals surface area contributed by atoms with Crippen molar-refractivity contribution >= 4 is 50.6 Å². The molecule has 0 radical (unpaired) electrons. The molecular formula is C19H14Cl2N4S. The third kappa shape index (κ3) is 3.51. The molecule has 0 aliphatic heterocycles. The van der Waals surface area contributed by atoms with Crippen LogP contribution < -0.4 is 5.32 Å². The summed E-state index contributed by atoms with van der Waals surface area (Å²) in [6, 6.07) is 11.5. The molecule has 0 amide bonds. The second-order valence-corrected chi connectivity index (χ2v) is 7.86. The average Bonchev–Trinajstić information content (AvgIpc) is 3.03. The number of benzene rings is 1. The lowest BCUT2D eigenvalue weighted by Crippen LogP contribution is -2.03. The van der Waals surface area contributed by atoms with E-state index in [-0.39, 0.29) is 0 Å². The monoisotopic (exact) mass is 400 g/mol. The number of hydrogen-bond acceptors (Lipinski definition) is 5. The van der Waals surface area contributed by atoms with Crippen molar-refractivity contribution in [2.75, 3.05) is 5.32 Å². The van der Waals surface area contributed by atoms with Crippen LogP contribution in [-0.4, -0.2) is 15.0 Å². The second-order valence-electron chi connectivity index (χ2n) is 5.82. The Morgan fingerprint density at radius 3 is 2.73 bits per heavy atom. The predicted octanol–water partition coefficient (Wildman–Crippen LogP) is 5.98. The Hall–Kier alpha value is -2.21. The molecular weight excluding hydrogens is 387 g/mol. The maximum atomic E-state index is 6.11. The van der Waals surface area contributed by atoms with E-state index in [4.69, 9.17) is 33.2 Å². The maximum absolute atomic E-state index is 6.11. The van der Waals surface area contributed by atoms with E-state index >= 15 is 0 Å². The van der Waals surface area contributed by atoms with Crippen LogP contribution in [0.2, 0.25) is 10.0 Å². The number of halogens is 2. The van der Waals surface area contributed by atoms with E-state index < -0.39 is 0 Å². The van der Waals surface area contributed by atoms with Crippen molar-refractivity contribution in [1.29, 1.82) is 0 Å². The smallest absolute Gasteiger partial charge is 0.164 e. The molecule has 1 aromatic carbocycles. The van der Waals surface area contributed by atoms with Crippen LogP contribution in [0.15, 0.2) is 48.8 Å². The highest BCUT2D eigenvalue weighted by Crippen LogP contribution is 2.31. The molecule has 0 saturated carbocycles. The van der Waals surface area contributed by atoms with Crippen molar-refractivity contribution in [2.45, 2.75) is 13.5 Å². The summed E-state index contributed by atoms with van der Waals surface area (Å²) >= 11 is 13.7. The molecule has 4 rings (SSSR count). The SMILES string of the molecule is Cc1cc2c(NCc3ccc(Cl)c(Cl)c3)nc(-c3cccnc3)nc2s1. The number of rotatable bonds is 4. The van der Waals surface area contributed by atoms with Gasteiger partial charge in [-0.15, -0.1) is 11.3 Å². The number of thiophene rings is 1. The van der Waals surface area contributed by atoms with Crippen LogP contribution in [0.3, 0.4) is 0 Å². The molecule has 4 nitrogen and oxygen atoms in total. The number of hydrogen-bond donors (Lipinski definition) is 1. The quantitative estimate of drug-likeness (QED) is 0.457. The van der Waals surface area contributed by atoms with Gasteiger partial charge >= 0.3 is 0 Å². The van der Waals surface area contributed by atoms with Crippen LogP contribution in [0.25, 0.3) is 21.6 Å². The number of nitrogens with zero attached hydrogens (tertiary/aromatic N) is 3. The van der Waals surface area contributed by atoms with Crippen molar-refractivity contribution in [3.05, 3.63) is 69.3 Å². The van der Waals surface area contributed by atoms with E-state index in [9.17, 15) is 0 Å². The van der Waals surface area contributed by atoms with Crippen LogP contribution >= 0.6 is 34.5 Å². The van der Waals surface area contributed by atoms with Gasteiger partial charge in [-0.1, -0.05) is 29.3 Å². The lowest BCUT2D eigenvalue weighted by atomic mass is 10.2. The first kappa shape index (κ1) is 17.2. The molecule has 0 unspecified atom stereocenters.